The van der Waals surface area contributed by atoms with Crippen molar-refractivity contribution in [3.63, 3.8) is 0 Å². The van der Waals surface area contributed by atoms with Gasteiger partial charge in [-0.15, -0.1) is 0 Å². The Labute approximate surface area is 146 Å². The highest BCUT2D eigenvalue weighted by Gasteiger charge is 2.28. The van der Waals surface area contributed by atoms with Gasteiger partial charge in [0.25, 0.3) is 5.91 Å². The molecular formula is C19H21NO5. The van der Waals surface area contributed by atoms with Crippen molar-refractivity contribution in [2.45, 2.75) is 20.0 Å². The zero-order chi connectivity index (χ0) is 17.6. The summed E-state index contributed by atoms with van der Waals surface area (Å²) in [7, 11) is 0. The molecule has 6 heteroatoms. The van der Waals surface area contributed by atoms with E-state index in [4.69, 9.17) is 18.9 Å². The third-order valence-corrected chi connectivity index (χ3v) is 3.62. The van der Waals surface area contributed by atoms with Gasteiger partial charge in [-0.2, -0.15) is 0 Å². The van der Waals surface area contributed by atoms with E-state index in [1.807, 2.05) is 32.0 Å². The Morgan fingerprint density at radius 3 is 2.64 bits per heavy atom. The highest BCUT2D eigenvalue weighted by molar-refractivity contribution is 5.96. The largest absolute Gasteiger partial charge is 0.494 e. The predicted molar refractivity (Wildman–Crippen MR) is 93.8 cm³/mol. The topological polar surface area (TPSA) is 66.0 Å². The number of benzene rings is 2. The summed E-state index contributed by atoms with van der Waals surface area (Å²) in [5.74, 6) is 2.13. The van der Waals surface area contributed by atoms with E-state index in [2.05, 4.69) is 5.32 Å². The summed E-state index contributed by atoms with van der Waals surface area (Å²) in [6.45, 7) is 4.97. The maximum absolute atomic E-state index is 12.6. The van der Waals surface area contributed by atoms with E-state index in [0.717, 1.165) is 0 Å². The zero-order valence-electron chi connectivity index (χ0n) is 14.3. The molecule has 25 heavy (non-hydrogen) atoms. The number of fused-ring (bicyclic) bond motifs is 1. The van der Waals surface area contributed by atoms with Gasteiger partial charge in [0.2, 0.25) is 6.10 Å². The van der Waals surface area contributed by atoms with Crippen LogP contribution in [-0.2, 0) is 4.79 Å². The molecule has 0 saturated heterocycles. The SMILES string of the molecule is CCOc1ccc(OCC)c(NC(=O)[C@@H]2COc3ccccc3O2)c1. The molecule has 3 rings (SSSR count). The van der Waals surface area contributed by atoms with Crippen LogP contribution in [0.5, 0.6) is 23.0 Å². The minimum Gasteiger partial charge on any atom is -0.494 e. The van der Waals surface area contributed by atoms with Gasteiger partial charge in [0.05, 0.1) is 18.9 Å². The third kappa shape index (κ3) is 3.96. The van der Waals surface area contributed by atoms with Gasteiger partial charge >= 0.3 is 0 Å². The van der Waals surface area contributed by atoms with Crippen molar-refractivity contribution in [2.24, 2.45) is 0 Å². The quantitative estimate of drug-likeness (QED) is 0.872. The number of para-hydroxylation sites is 2. The smallest absolute Gasteiger partial charge is 0.269 e. The summed E-state index contributed by atoms with van der Waals surface area (Å²) in [4.78, 5) is 12.6. The van der Waals surface area contributed by atoms with Gasteiger partial charge in [0, 0.05) is 6.07 Å². The van der Waals surface area contributed by atoms with Crippen molar-refractivity contribution in [1.29, 1.82) is 0 Å². The number of carbonyl (C=O) groups is 1. The molecule has 0 saturated carbocycles. The van der Waals surface area contributed by atoms with Crippen molar-refractivity contribution in [1.82, 2.24) is 0 Å². The molecule has 0 radical (unpaired) electrons. The fourth-order valence-corrected chi connectivity index (χ4v) is 2.51. The number of nitrogens with one attached hydrogen (secondary N) is 1. The number of hydrogen-bond acceptors (Lipinski definition) is 5. The van der Waals surface area contributed by atoms with Gasteiger partial charge in [-0.05, 0) is 38.1 Å². The lowest BCUT2D eigenvalue weighted by molar-refractivity contribution is -0.125. The number of amides is 1. The van der Waals surface area contributed by atoms with Crippen LogP contribution in [0, 0.1) is 0 Å². The molecule has 6 nitrogen and oxygen atoms in total. The second-order valence-corrected chi connectivity index (χ2v) is 5.38. The van der Waals surface area contributed by atoms with Crippen LogP contribution in [0.1, 0.15) is 13.8 Å². The third-order valence-electron chi connectivity index (χ3n) is 3.62. The van der Waals surface area contributed by atoms with Crippen LogP contribution >= 0.6 is 0 Å². The Bertz CT molecular complexity index is 746. The Morgan fingerprint density at radius 1 is 1.12 bits per heavy atom. The van der Waals surface area contributed by atoms with Gasteiger partial charge in [-0.25, -0.2) is 0 Å². The van der Waals surface area contributed by atoms with Crippen LogP contribution in [0.2, 0.25) is 0 Å². The van der Waals surface area contributed by atoms with Crippen molar-refractivity contribution < 1.29 is 23.7 Å². The average molecular weight is 343 g/mol. The summed E-state index contributed by atoms with van der Waals surface area (Å²) >= 11 is 0. The molecular weight excluding hydrogens is 322 g/mol. The summed E-state index contributed by atoms with van der Waals surface area (Å²) in [6.07, 6.45) is -0.736. The fourth-order valence-electron chi connectivity index (χ4n) is 2.51. The standard InChI is InChI=1S/C19H21NO5/c1-3-22-13-9-10-15(23-4-2)14(11-13)20-19(21)18-12-24-16-7-5-6-8-17(16)25-18/h5-11,18H,3-4,12H2,1-2H3,(H,20,21)/t18-/m0/s1. The van der Waals surface area contributed by atoms with Crippen LogP contribution in [0.15, 0.2) is 42.5 Å². The van der Waals surface area contributed by atoms with Gasteiger partial charge in [-0.3, -0.25) is 4.79 Å². The first-order valence-corrected chi connectivity index (χ1v) is 8.30. The lowest BCUT2D eigenvalue weighted by Gasteiger charge is -2.25. The normalized spacial score (nSPS) is 15.4. The lowest BCUT2D eigenvalue weighted by atomic mass is 10.2. The molecule has 0 aliphatic carbocycles. The Hall–Kier alpha value is -2.89. The van der Waals surface area contributed by atoms with Crippen LogP contribution in [-0.4, -0.2) is 31.8 Å². The summed E-state index contributed by atoms with van der Waals surface area (Å²) in [5, 5.41) is 2.85. The van der Waals surface area contributed by atoms with Crippen LogP contribution in [0.4, 0.5) is 5.69 Å². The van der Waals surface area contributed by atoms with Crippen LogP contribution in [0.3, 0.4) is 0 Å². The molecule has 0 aromatic heterocycles. The zero-order valence-corrected chi connectivity index (χ0v) is 14.3. The Balaban J connectivity index is 1.75. The molecule has 1 atom stereocenters. The first kappa shape index (κ1) is 17.0. The second kappa shape index (κ2) is 7.79. The van der Waals surface area contributed by atoms with Crippen molar-refractivity contribution >= 4 is 11.6 Å². The van der Waals surface area contributed by atoms with Crippen LogP contribution < -0.4 is 24.3 Å². The maximum atomic E-state index is 12.6. The Kier molecular flexibility index (Phi) is 5.28. The maximum Gasteiger partial charge on any atom is 0.269 e. The molecule has 1 N–H and O–H groups in total. The fraction of sp³-hybridized carbons (Fsp3) is 0.316. The lowest BCUT2D eigenvalue weighted by Crippen LogP contribution is -2.40. The predicted octanol–water partition coefficient (Wildman–Crippen LogP) is 3.26. The molecule has 0 fully saturated rings. The molecule has 0 unspecified atom stereocenters. The summed E-state index contributed by atoms with van der Waals surface area (Å²) in [5.41, 5.74) is 0.542. The van der Waals surface area contributed by atoms with Crippen molar-refractivity contribution in [3.8, 4) is 23.0 Å². The molecule has 2 aromatic rings. The molecule has 1 amide bonds. The number of anilines is 1. The van der Waals surface area contributed by atoms with E-state index < -0.39 is 6.10 Å². The van der Waals surface area contributed by atoms with Gasteiger partial charge in [0.15, 0.2) is 11.5 Å². The summed E-state index contributed by atoms with van der Waals surface area (Å²) < 4.78 is 22.4. The highest BCUT2D eigenvalue weighted by Crippen LogP contribution is 2.33. The highest BCUT2D eigenvalue weighted by atomic mass is 16.6. The molecule has 0 bridgehead atoms. The summed E-state index contributed by atoms with van der Waals surface area (Å²) in [6, 6.07) is 12.6. The van der Waals surface area contributed by atoms with Gasteiger partial charge in [-0.1, -0.05) is 12.1 Å². The first-order valence-electron chi connectivity index (χ1n) is 8.30. The van der Waals surface area contributed by atoms with E-state index in [9.17, 15) is 4.79 Å². The molecule has 1 heterocycles. The van der Waals surface area contributed by atoms with E-state index >= 15 is 0 Å². The minimum absolute atomic E-state index is 0.151. The number of ether oxygens (including phenoxy) is 4. The minimum atomic E-state index is -0.736. The molecule has 0 spiro atoms. The Morgan fingerprint density at radius 2 is 1.88 bits per heavy atom. The van der Waals surface area contributed by atoms with Crippen molar-refractivity contribution in [2.75, 3.05) is 25.1 Å². The van der Waals surface area contributed by atoms with E-state index in [0.29, 0.717) is 41.9 Å². The number of hydrogen-bond donors (Lipinski definition) is 1. The van der Waals surface area contributed by atoms with E-state index in [-0.39, 0.29) is 12.5 Å². The van der Waals surface area contributed by atoms with Gasteiger partial charge < -0.3 is 24.3 Å². The van der Waals surface area contributed by atoms with Gasteiger partial charge in [0.1, 0.15) is 18.1 Å². The van der Waals surface area contributed by atoms with Crippen LogP contribution in [0.25, 0.3) is 0 Å². The molecule has 1 aliphatic rings. The first-order chi connectivity index (χ1) is 12.2. The number of carbonyl (C=O) groups excluding carboxylic acids is 1. The van der Waals surface area contributed by atoms with Crippen molar-refractivity contribution in [3.05, 3.63) is 42.5 Å². The molecule has 132 valence electrons. The average Bonchev–Trinajstić information content (AvgIpc) is 2.64. The molecule has 2 aromatic carbocycles. The molecule has 1 aliphatic heterocycles. The second-order valence-electron chi connectivity index (χ2n) is 5.38. The monoisotopic (exact) mass is 343 g/mol. The van der Waals surface area contributed by atoms with E-state index in [1.165, 1.54) is 0 Å². The number of rotatable bonds is 6. The van der Waals surface area contributed by atoms with E-state index in [1.54, 1.807) is 24.3 Å².